The summed E-state index contributed by atoms with van der Waals surface area (Å²) < 4.78 is 42.1. The maximum atomic E-state index is 14.7. The number of nitrogens with one attached hydrogen (secondary N) is 1. The number of sulfonamides is 1. The number of Topliss-reactive ketones (excluding diaryl/α,β-unsaturated/α-hetero) is 1. The first-order valence-electron chi connectivity index (χ1n) is 14.4. The second-order valence-electron chi connectivity index (χ2n) is 12.5. The van der Waals surface area contributed by atoms with Crippen molar-refractivity contribution in [2.75, 3.05) is 34.7 Å². The zero-order chi connectivity index (χ0) is 32.3. The Morgan fingerprint density at radius 3 is 2.16 bits per heavy atom. The quantitative estimate of drug-likeness (QED) is 0.295. The second-order valence-corrected chi connectivity index (χ2v) is 16.6. The number of carbonyl (C=O) groups excluding carboxylic acids is 3. The molecule has 4 rings (SSSR count). The van der Waals surface area contributed by atoms with Gasteiger partial charge in [0.2, 0.25) is 0 Å². The van der Waals surface area contributed by atoms with Gasteiger partial charge in [0.25, 0.3) is 10.0 Å². The summed E-state index contributed by atoms with van der Waals surface area (Å²) in [5.41, 5.74) is -3.36. The van der Waals surface area contributed by atoms with Gasteiger partial charge in [0.05, 0.1) is 17.0 Å². The number of benzene rings is 2. The van der Waals surface area contributed by atoms with E-state index in [1.807, 2.05) is 20.8 Å². The number of ketones is 1. The summed E-state index contributed by atoms with van der Waals surface area (Å²) in [6, 6.07) is 14.0. The summed E-state index contributed by atoms with van der Waals surface area (Å²) >= 11 is 3.02. The van der Waals surface area contributed by atoms with E-state index in [-0.39, 0.29) is 16.1 Å². The average Bonchev–Trinajstić information content (AvgIpc) is 3.33. The number of ether oxygens (including phenoxy) is 2. The third-order valence-corrected chi connectivity index (χ3v) is 11.4. The van der Waals surface area contributed by atoms with Crippen molar-refractivity contribution in [1.29, 1.82) is 0 Å². The molecule has 2 aliphatic heterocycles. The Kier molecular flexibility index (Phi) is 10.3. The van der Waals surface area contributed by atoms with Crippen LogP contribution >= 0.6 is 23.5 Å². The third kappa shape index (κ3) is 7.91. The van der Waals surface area contributed by atoms with Gasteiger partial charge in [0.15, 0.2) is 5.78 Å². The molecule has 240 valence electrons. The lowest BCUT2D eigenvalue weighted by molar-refractivity contribution is -0.178. The molecular formula is C31H41N3O7S3. The molecule has 0 radical (unpaired) electrons. The molecule has 2 aromatic rings. The van der Waals surface area contributed by atoms with Crippen molar-refractivity contribution in [1.82, 2.24) is 10.2 Å². The Morgan fingerprint density at radius 1 is 1.00 bits per heavy atom. The van der Waals surface area contributed by atoms with E-state index in [0.717, 1.165) is 9.87 Å². The molecule has 0 bridgehead atoms. The molecule has 13 heteroatoms. The van der Waals surface area contributed by atoms with E-state index in [4.69, 9.17) is 9.47 Å². The standard InChI is InChI=1S/C31H41N3O7S3/c1-22-12-14-24(15-13-22)44(38,39)34(23-10-8-7-9-11-23)31(27(36)40-29(2,3)4,41-28(37)33-16-18-42-19-17-33)20-25(35)26-32-30(5,6)21-43-26/h7-15,26,32H,16-21H2,1-6H3/t26-,31+/m0/s1. The average molecular weight is 664 g/mol. The maximum absolute atomic E-state index is 14.7. The molecule has 0 spiro atoms. The molecule has 2 saturated heterocycles. The van der Waals surface area contributed by atoms with Gasteiger partial charge in [-0.25, -0.2) is 22.3 Å². The molecule has 0 aromatic heterocycles. The highest BCUT2D eigenvalue weighted by atomic mass is 32.2. The summed E-state index contributed by atoms with van der Waals surface area (Å²) in [6.07, 6.45) is -1.69. The number of thioether (sulfide) groups is 2. The largest absolute Gasteiger partial charge is 0.456 e. The van der Waals surface area contributed by atoms with Gasteiger partial charge < -0.3 is 14.4 Å². The minimum absolute atomic E-state index is 0.0288. The molecule has 10 nitrogen and oxygen atoms in total. The van der Waals surface area contributed by atoms with E-state index in [0.29, 0.717) is 30.3 Å². The van der Waals surface area contributed by atoms with E-state index in [1.165, 1.54) is 40.9 Å². The van der Waals surface area contributed by atoms with Gasteiger partial charge in [-0.3, -0.25) is 10.1 Å². The normalized spacial score (nSPS) is 20.0. The Labute approximate surface area is 268 Å². The Hall–Kier alpha value is -2.74. The van der Waals surface area contributed by atoms with Gasteiger partial charge in [0, 0.05) is 35.9 Å². The zero-order valence-electron chi connectivity index (χ0n) is 26.0. The number of carbonyl (C=O) groups is 3. The number of hydrogen-bond acceptors (Lipinski definition) is 10. The molecule has 2 atom stereocenters. The molecule has 44 heavy (non-hydrogen) atoms. The highest BCUT2D eigenvalue weighted by Crippen LogP contribution is 2.39. The molecule has 2 heterocycles. The number of anilines is 1. The molecule has 0 saturated carbocycles. The van der Waals surface area contributed by atoms with Gasteiger partial charge in [-0.05, 0) is 65.8 Å². The van der Waals surface area contributed by atoms with E-state index >= 15 is 0 Å². The number of esters is 1. The number of hydrogen-bond donors (Lipinski definition) is 1. The van der Waals surface area contributed by atoms with Crippen LogP contribution in [0.15, 0.2) is 59.5 Å². The third-order valence-electron chi connectivity index (χ3n) is 6.96. The van der Waals surface area contributed by atoms with Crippen LogP contribution in [0.4, 0.5) is 10.5 Å². The number of amides is 1. The molecule has 2 aromatic carbocycles. The summed E-state index contributed by atoms with van der Waals surface area (Å²) in [6.45, 7) is 11.3. The first-order chi connectivity index (χ1) is 20.5. The summed E-state index contributed by atoms with van der Waals surface area (Å²) in [5.74, 6) is 0.233. The molecule has 0 unspecified atom stereocenters. The molecule has 1 amide bonds. The fourth-order valence-electron chi connectivity index (χ4n) is 4.81. The van der Waals surface area contributed by atoms with Gasteiger partial charge in [-0.1, -0.05) is 35.9 Å². The van der Waals surface area contributed by atoms with Crippen LogP contribution in [0.25, 0.3) is 0 Å². The van der Waals surface area contributed by atoms with Crippen LogP contribution in [0, 0.1) is 6.92 Å². The van der Waals surface area contributed by atoms with Crippen molar-refractivity contribution >= 4 is 57.1 Å². The van der Waals surface area contributed by atoms with Gasteiger partial charge in [-0.15, -0.1) is 11.8 Å². The van der Waals surface area contributed by atoms with Crippen LogP contribution in [0.1, 0.15) is 46.6 Å². The molecule has 2 fully saturated rings. The fraction of sp³-hybridized carbons (Fsp3) is 0.516. The number of para-hydroxylation sites is 1. The highest BCUT2D eigenvalue weighted by Gasteiger charge is 2.59. The van der Waals surface area contributed by atoms with E-state index < -0.39 is 51.0 Å². The van der Waals surface area contributed by atoms with Gasteiger partial charge in [-0.2, -0.15) is 11.8 Å². The van der Waals surface area contributed by atoms with Crippen LogP contribution in [0.2, 0.25) is 0 Å². The topological polar surface area (TPSA) is 122 Å². The summed E-state index contributed by atoms with van der Waals surface area (Å²) in [4.78, 5) is 43.8. The molecule has 0 aliphatic carbocycles. The van der Waals surface area contributed by atoms with Crippen LogP contribution in [-0.2, 0) is 29.1 Å². The van der Waals surface area contributed by atoms with Crippen molar-refractivity contribution in [3.05, 3.63) is 60.2 Å². The molecule has 2 aliphatic rings. The molecular weight excluding hydrogens is 623 g/mol. The van der Waals surface area contributed by atoms with Crippen molar-refractivity contribution in [2.24, 2.45) is 0 Å². The Balaban J connectivity index is 1.97. The summed E-state index contributed by atoms with van der Waals surface area (Å²) in [7, 11) is -4.64. The summed E-state index contributed by atoms with van der Waals surface area (Å²) in [5, 5.41) is 2.48. The van der Waals surface area contributed by atoms with E-state index in [9.17, 15) is 22.8 Å². The predicted molar refractivity (Wildman–Crippen MR) is 174 cm³/mol. The van der Waals surface area contributed by atoms with E-state index in [1.54, 1.807) is 62.9 Å². The van der Waals surface area contributed by atoms with Crippen molar-refractivity contribution in [2.45, 2.75) is 75.1 Å². The lowest BCUT2D eigenvalue weighted by atomic mass is 10.0. The fourth-order valence-corrected chi connectivity index (χ4v) is 8.71. The number of aryl methyl sites for hydroxylation is 1. The van der Waals surface area contributed by atoms with Crippen LogP contribution in [0.5, 0.6) is 0 Å². The Bertz CT molecular complexity index is 1450. The smallest absolute Gasteiger partial charge is 0.412 e. The zero-order valence-corrected chi connectivity index (χ0v) is 28.4. The predicted octanol–water partition coefficient (Wildman–Crippen LogP) is 4.81. The van der Waals surface area contributed by atoms with Crippen molar-refractivity contribution < 1.29 is 32.3 Å². The lowest BCUT2D eigenvalue weighted by Crippen LogP contribution is -2.64. The molecule has 1 N–H and O–H groups in total. The Morgan fingerprint density at radius 2 is 1.61 bits per heavy atom. The van der Waals surface area contributed by atoms with Crippen molar-refractivity contribution in [3.8, 4) is 0 Å². The minimum atomic E-state index is -4.64. The lowest BCUT2D eigenvalue weighted by Gasteiger charge is -2.43. The first kappa shape index (κ1) is 34.1. The monoisotopic (exact) mass is 663 g/mol. The minimum Gasteiger partial charge on any atom is -0.456 e. The van der Waals surface area contributed by atoms with Crippen LogP contribution in [-0.4, -0.2) is 83.8 Å². The SMILES string of the molecule is Cc1ccc(S(=O)(=O)N(c2ccccc2)[C@](CC(=O)[C@H]2NC(C)(C)CS2)(OC(=O)N2CCSCC2)C(=O)OC(C)(C)C)cc1. The van der Waals surface area contributed by atoms with Crippen LogP contribution < -0.4 is 9.62 Å². The maximum Gasteiger partial charge on any atom is 0.412 e. The number of nitrogens with zero attached hydrogens (tertiary/aromatic N) is 2. The van der Waals surface area contributed by atoms with Gasteiger partial charge >= 0.3 is 17.8 Å². The number of rotatable bonds is 9. The van der Waals surface area contributed by atoms with Crippen LogP contribution in [0.3, 0.4) is 0 Å². The van der Waals surface area contributed by atoms with Crippen molar-refractivity contribution in [3.63, 3.8) is 0 Å². The highest BCUT2D eigenvalue weighted by molar-refractivity contribution is 8.00. The van der Waals surface area contributed by atoms with E-state index in [2.05, 4.69) is 5.32 Å². The second kappa shape index (κ2) is 13.3. The van der Waals surface area contributed by atoms with Gasteiger partial charge in [0.1, 0.15) is 11.0 Å². The first-order valence-corrected chi connectivity index (χ1v) is 18.1.